The smallest absolute Gasteiger partial charge is 0.0700 e. The summed E-state index contributed by atoms with van der Waals surface area (Å²) in [6, 6.07) is 5.45. The normalized spacial score (nSPS) is 12.7. The highest BCUT2D eigenvalue weighted by atomic mass is 35.5. The zero-order valence-corrected chi connectivity index (χ0v) is 11.8. The van der Waals surface area contributed by atoms with Gasteiger partial charge in [0, 0.05) is 19.8 Å². The quantitative estimate of drug-likeness (QED) is 0.439. The fraction of sp³-hybridized carbons (Fsp3) is 0.500. The Kier molecular flexibility index (Phi) is 7.58. The molecule has 102 valence electrons. The molecule has 0 spiro atoms. The van der Waals surface area contributed by atoms with Gasteiger partial charge in [0.1, 0.15) is 0 Å². The topological polar surface area (TPSA) is 56.5 Å². The number of nitrogens with one attached hydrogen (secondary N) is 1. The maximum absolute atomic E-state index is 5.97. The summed E-state index contributed by atoms with van der Waals surface area (Å²) in [6.45, 7) is 1.77. The molecule has 18 heavy (non-hydrogen) atoms. The van der Waals surface area contributed by atoms with Crippen LogP contribution in [0, 0.1) is 0 Å². The lowest BCUT2D eigenvalue weighted by Gasteiger charge is -2.17. The fourth-order valence-electron chi connectivity index (χ4n) is 1.52. The molecule has 0 aromatic heterocycles. The van der Waals surface area contributed by atoms with Crippen LogP contribution in [-0.2, 0) is 9.47 Å². The molecule has 6 heteroatoms. The van der Waals surface area contributed by atoms with Crippen LogP contribution < -0.4 is 11.3 Å². The van der Waals surface area contributed by atoms with Gasteiger partial charge >= 0.3 is 0 Å². The average Bonchev–Trinajstić information content (AvgIpc) is 2.37. The molecule has 0 heterocycles. The maximum atomic E-state index is 5.97. The first-order valence-electron chi connectivity index (χ1n) is 5.66. The van der Waals surface area contributed by atoms with E-state index in [0.29, 0.717) is 29.9 Å². The van der Waals surface area contributed by atoms with E-state index in [9.17, 15) is 0 Å². The zero-order chi connectivity index (χ0) is 13.4. The SMILES string of the molecule is COCCOCCC(NN)c1ccc(Cl)c(Cl)c1. The van der Waals surface area contributed by atoms with Crippen molar-refractivity contribution in [3.05, 3.63) is 33.8 Å². The second-order valence-corrected chi connectivity index (χ2v) is 4.60. The Balaban J connectivity index is 2.47. The summed E-state index contributed by atoms with van der Waals surface area (Å²) in [5.41, 5.74) is 3.73. The lowest BCUT2D eigenvalue weighted by Crippen LogP contribution is -2.29. The van der Waals surface area contributed by atoms with Crippen LogP contribution in [0.4, 0.5) is 0 Å². The molecule has 0 saturated carbocycles. The number of halogens is 2. The summed E-state index contributed by atoms with van der Waals surface area (Å²) >= 11 is 11.8. The molecule has 0 radical (unpaired) electrons. The van der Waals surface area contributed by atoms with Crippen LogP contribution in [0.1, 0.15) is 18.0 Å². The van der Waals surface area contributed by atoms with Gasteiger partial charge < -0.3 is 9.47 Å². The van der Waals surface area contributed by atoms with Crippen molar-refractivity contribution in [1.29, 1.82) is 0 Å². The Hall–Kier alpha value is -0.360. The van der Waals surface area contributed by atoms with E-state index in [1.165, 1.54) is 0 Å². The Bertz CT molecular complexity index is 364. The van der Waals surface area contributed by atoms with E-state index < -0.39 is 0 Å². The first kappa shape index (κ1) is 15.7. The van der Waals surface area contributed by atoms with E-state index >= 15 is 0 Å². The van der Waals surface area contributed by atoms with Gasteiger partial charge in [-0.3, -0.25) is 11.3 Å². The van der Waals surface area contributed by atoms with Crippen molar-refractivity contribution in [3.63, 3.8) is 0 Å². The summed E-state index contributed by atoms with van der Waals surface area (Å²) in [5, 5.41) is 1.06. The molecule has 0 aliphatic carbocycles. The third-order valence-corrected chi connectivity index (χ3v) is 3.27. The van der Waals surface area contributed by atoms with Crippen LogP contribution in [0.2, 0.25) is 10.0 Å². The molecular weight excluding hydrogens is 275 g/mol. The second-order valence-electron chi connectivity index (χ2n) is 3.79. The molecule has 3 N–H and O–H groups in total. The maximum Gasteiger partial charge on any atom is 0.0700 e. The monoisotopic (exact) mass is 292 g/mol. The second kappa shape index (κ2) is 8.69. The van der Waals surface area contributed by atoms with Crippen molar-refractivity contribution in [1.82, 2.24) is 5.43 Å². The molecule has 0 fully saturated rings. The van der Waals surface area contributed by atoms with Gasteiger partial charge in [-0.05, 0) is 24.1 Å². The van der Waals surface area contributed by atoms with Gasteiger partial charge in [-0.1, -0.05) is 29.3 Å². The van der Waals surface area contributed by atoms with E-state index in [0.717, 1.165) is 12.0 Å². The third-order valence-electron chi connectivity index (χ3n) is 2.53. The van der Waals surface area contributed by atoms with E-state index in [1.54, 1.807) is 13.2 Å². The number of hydrogen-bond donors (Lipinski definition) is 2. The minimum Gasteiger partial charge on any atom is -0.382 e. The molecule has 1 unspecified atom stereocenters. The Morgan fingerprint density at radius 1 is 1.22 bits per heavy atom. The van der Waals surface area contributed by atoms with Gasteiger partial charge in [0.05, 0.1) is 23.3 Å². The molecule has 1 atom stereocenters. The molecular formula is C12H18Cl2N2O2. The van der Waals surface area contributed by atoms with Gasteiger partial charge in [-0.2, -0.15) is 0 Å². The number of hydrogen-bond acceptors (Lipinski definition) is 4. The number of nitrogens with two attached hydrogens (primary N) is 1. The minimum absolute atomic E-state index is 0.0117. The van der Waals surface area contributed by atoms with E-state index in [4.69, 9.17) is 38.5 Å². The van der Waals surface area contributed by atoms with E-state index in [1.807, 2.05) is 12.1 Å². The lowest BCUT2D eigenvalue weighted by molar-refractivity contribution is 0.0658. The fourth-order valence-corrected chi connectivity index (χ4v) is 1.83. The third kappa shape index (κ3) is 5.10. The van der Waals surface area contributed by atoms with Crippen LogP contribution in [0.15, 0.2) is 18.2 Å². The molecule has 0 aliphatic heterocycles. The molecule has 0 bridgehead atoms. The van der Waals surface area contributed by atoms with Crippen molar-refractivity contribution >= 4 is 23.2 Å². The molecule has 1 rings (SSSR count). The van der Waals surface area contributed by atoms with Crippen LogP contribution >= 0.6 is 23.2 Å². The average molecular weight is 293 g/mol. The first-order valence-corrected chi connectivity index (χ1v) is 6.42. The first-order chi connectivity index (χ1) is 8.69. The largest absolute Gasteiger partial charge is 0.382 e. The number of benzene rings is 1. The summed E-state index contributed by atoms with van der Waals surface area (Å²) in [4.78, 5) is 0. The van der Waals surface area contributed by atoms with Crippen molar-refractivity contribution in [2.45, 2.75) is 12.5 Å². The Labute approximate surface area is 117 Å². The predicted molar refractivity (Wildman–Crippen MR) is 73.8 cm³/mol. The van der Waals surface area contributed by atoms with Gasteiger partial charge in [0.15, 0.2) is 0 Å². The Morgan fingerprint density at radius 2 is 2.00 bits per heavy atom. The highest BCUT2D eigenvalue weighted by molar-refractivity contribution is 6.42. The summed E-state index contributed by atoms with van der Waals surface area (Å²) in [6.07, 6.45) is 0.748. The van der Waals surface area contributed by atoms with Crippen molar-refractivity contribution in [3.8, 4) is 0 Å². The zero-order valence-electron chi connectivity index (χ0n) is 10.3. The van der Waals surface area contributed by atoms with Crippen LogP contribution in [0.5, 0.6) is 0 Å². The minimum atomic E-state index is -0.0117. The molecule has 4 nitrogen and oxygen atoms in total. The van der Waals surface area contributed by atoms with Crippen molar-refractivity contribution in [2.75, 3.05) is 26.9 Å². The number of rotatable bonds is 8. The summed E-state index contributed by atoms with van der Waals surface area (Å²) < 4.78 is 10.3. The highest BCUT2D eigenvalue weighted by Gasteiger charge is 2.11. The Morgan fingerprint density at radius 3 is 2.61 bits per heavy atom. The van der Waals surface area contributed by atoms with E-state index in [2.05, 4.69) is 5.43 Å². The van der Waals surface area contributed by atoms with Crippen molar-refractivity contribution in [2.24, 2.45) is 5.84 Å². The van der Waals surface area contributed by atoms with Gasteiger partial charge in [0.2, 0.25) is 0 Å². The van der Waals surface area contributed by atoms with E-state index in [-0.39, 0.29) is 6.04 Å². The number of methoxy groups -OCH3 is 1. The summed E-state index contributed by atoms with van der Waals surface area (Å²) in [5.74, 6) is 5.53. The van der Waals surface area contributed by atoms with Gasteiger partial charge in [-0.15, -0.1) is 0 Å². The standard InChI is InChI=1S/C12H18Cl2N2O2/c1-17-6-7-18-5-4-12(16-15)9-2-3-10(13)11(14)8-9/h2-3,8,12,16H,4-7,15H2,1H3. The molecule has 0 saturated heterocycles. The number of hydrazine groups is 1. The summed E-state index contributed by atoms with van der Waals surface area (Å²) in [7, 11) is 1.64. The lowest BCUT2D eigenvalue weighted by atomic mass is 10.1. The molecule has 1 aromatic carbocycles. The molecule has 1 aromatic rings. The van der Waals surface area contributed by atoms with Crippen LogP contribution in [0.25, 0.3) is 0 Å². The van der Waals surface area contributed by atoms with Crippen LogP contribution in [0.3, 0.4) is 0 Å². The van der Waals surface area contributed by atoms with Gasteiger partial charge in [0.25, 0.3) is 0 Å². The predicted octanol–water partition coefficient (Wildman–Crippen LogP) is 2.55. The highest BCUT2D eigenvalue weighted by Crippen LogP contribution is 2.26. The number of ether oxygens (including phenoxy) is 2. The van der Waals surface area contributed by atoms with Crippen molar-refractivity contribution < 1.29 is 9.47 Å². The van der Waals surface area contributed by atoms with Gasteiger partial charge in [-0.25, -0.2) is 0 Å². The molecule has 0 amide bonds. The van der Waals surface area contributed by atoms with Crippen LogP contribution in [-0.4, -0.2) is 26.9 Å². The molecule has 0 aliphatic rings.